The molecule has 28 heavy (non-hydrogen) atoms. The number of hydrogen-bond acceptors (Lipinski definition) is 5. The number of fused-ring (bicyclic) bond motifs is 1. The van der Waals surface area contributed by atoms with Crippen LogP contribution in [-0.4, -0.2) is 32.9 Å². The number of likely N-dealkylation sites (tertiary alicyclic amines) is 1. The van der Waals surface area contributed by atoms with E-state index in [1.165, 1.54) is 5.56 Å². The Morgan fingerprint density at radius 3 is 2.68 bits per heavy atom. The van der Waals surface area contributed by atoms with Crippen LogP contribution >= 0.6 is 0 Å². The third-order valence-electron chi connectivity index (χ3n) is 5.13. The molecule has 1 aromatic carbocycles. The zero-order valence-electron chi connectivity index (χ0n) is 15.2. The number of nitrogens with zero attached hydrogens (tertiary/aromatic N) is 4. The van der Waals surface area contributed by atoms with Gasteiger partial charge in [0.25, 0.3) is 0 Å². The Labute approximate surface area is 160 Å². The molecule has 0 radical (unpaired) electrons. The molecular formula is C20H20F3N5. The monoisotopic (exact) mass is 387 g/mol. The molecular weight excluding hydrogens is 367 g/mol. The van der Waals surface area contributed by atoms with Gasteiger partial charge < -0.3 is 5.73 Å². The fourth-order valence-electron chi connectivity index (χ4n) is 3.82. The maximum absolute atomic E-state index is 13.7. The summed E-state index contributed by atoms with van der Waals surface area (Å²) in [6, 6.07) is 11.2. The largest absolute Gasteiger partial charge is 0.417 e. The zero-order valence-corrected chi connectivity index (χ0v) is 15.2. The van der Waals surface area contributed by atoms with E-state index in [1.54, 1.807) is 0 Å². The molecule has 8 heteroatoms. The van der Waals surface area contributed by atoms with Crippen LogP contribution in [0.15, 0.2) is 42.7 Å². The van der Waals surface area contributed by atoms with E-state index < -0.39 is 11.7 Å². The van der Waals surface area contributed by atoms with E-state index in [9.17, 15) is 13.2 Å². The standard InChI is InChI=1S/C20H20F3N5/c21-20(22,23)15-9-16(27-19-17(15)18(24)25-12-26-19)14-7-4-8-28(11-14)10-13-5-2-1-3-6-13/h1-3,5-6,9,12,14H,4,7-8,10-11H2,(H2,24,25,26,27)/t14-/m0/s1. The first-order chi connectivity index (χ1) is 13.4. The van der Waals surface area contributed by atoms with Crippen molar-refractivity contribution in [2.24, 2.45) is 0 Å². The fraction of sp³-hybridized carbons (Fsp3) is 0.350. The number of aromatic nitrogens is 3. The van der Waals surface area contributed by atoms with Gasteiger partial charge in [0.1, 0.15) is 12.1 Å². The van der Waals surface area contributed by atoms with E-state index in [4.69, 9.17) is 5.73 Å². The molecule has 0 saturated carbocycles. The molecule has 3 heterocycles. The number of pyridine rings is 1. The number of alkyl halides is 3. The van der Waals surface area contributed by atoms with Gasteiger partial charge in [-0.25, -0.2) is 15.0 Å². The molecule has 146 valence electrons. The summed E-state index contributed by atoms with van der Waals surface area (Å²) in [5.41, 5.74) is 6.47. The van der Waals surface area contributed by atoms with Crippen molar-refractivity contribution in [1.82, 2.24) is 19.9 Å². The van der Waals surface area contributed by atoms with Crippen LogP contribution in [0.25, 0.3) is 11.0 Å². The summed E-state index contributed by atoms with van der Waals surface area (Å²) in [5.74, 6) is -0.287. The predicted octanol–water partition coefficient (Wildman–Crippen LogP) is 4.01. The van der Waals surface area contributed by atoms with Crippen LogP contribution in [0, 0.1) is 0 Å². The van der Waals surface area contributed by atoms with E-state index in [-0.39, 0.29) is 22.8 Å². The minimum absolute atomic E-state index is 0.00231. The highest BCUT2D eigenvalue weighted by Gasteiger charge is 2.36. The second-order valence-corrected chi connectivity index (χ2v) is 7.11. The predicted molar refractivity (Wildman–Crippen MR) is 100 cm³/mol. The van der Waals surface area contributed by atoms with Crippen molar-refractivity contribution in [3.8, 4) is 0 Å². The van der Waals surface area contributed by atoms with Crippen LogP contribution in [0.5, 0.6) is 0 Å². The number of hydrogen-bond donors (Lipinski definition) is 1. The molecule has 0 amide bonds. The lowest BCUT2D eigenvalue weighted by molar-refractivity contribution is -0.136. The van der Waals surface area contributed by atoms with Crippen molar-refractivity contribution in [3.63, 3.8) is 0 Å². The number of nitrogens with two attached hydrogens (primary N) is 1. The van der Waals surface area contributed by atoms with Gasteiger partial charge in [0.2, 0.25) is 0 Å². The molecule has 4 rings (SSSR count). The summed E-state index contributed by atoms with van der Waals surface area (Å²) in [7, 11) is 0. The Bertz CT molecular complexity index is 975. The minimum Gasteiger partial charge on any atom is -0.383 e. The summed E-state index contributed by atoms with van der Waals surface area (Å²) < 4.78 is 41.0. The molecule has 5 nitrogen and oxygen atoms in total. The average Bonchev–Trinajstić information content (AvgIpc) is 2.68. The average molecular weight is 387 g/mol. The lowest BCUT2D eigenvalue weighted by Gasteiger charge is -2.32. The highest BCUT2D eigenvalue weighted by atomic mass is 19.4. The molecule has 0 unspecified atom stereocenters. The van der Waals surface area contributed by atoms with Crippen LogP contribution in [0.4, 0.5) is 19.0 Å². The summed E-state index contributed by atoms with van der Waals surface area (Å²) in [6.07, 6.45) is -1.70. The van der Waals surface area contributed by atoms with Crippen molar-refractivity contribution in [3.05, 3.63) is 59.5 Å². The normalized spacial score (nSPS) is 18.5. The van der Waals surface area contributed by atoms with Gasteiger partial charge in [-0.3, -0.25) is 4.90 Å². The van der Waals surface area contributed by atoms with Crippen molar-refractivity contribution < 1.29 is 13.2 Å². The molecule has 1 aliphatic rings. The Balaban J connectivity index is 1.66. The molecule has 1 atom stereocenters. The van der Waals surface area contributed by atoms with Crippen molar-refractivity contribution in [1.29, 1.82) is 0 Å². The molecule has 1 saturated heterocycles. The van der Waals surface area contributed by atoms with Crippen LogP contribution in [0.2, 0.25) is 0 Å². The molecule has 1 fully saturated rings. The van der Waals surface area contributed by atoms with Gasteiger partial charge in [-0.05, 0) is 31.0 Å². The van der Waals surface area contributed by atoms with E-state index in [2.05, 4.69) is 32.0 Å². The van der Waals surface area contributed by atoms with Gasteiger partial charge in [-0.1, -0.05) is 30.3 Å². The van der Waals surface area contributed by atoms with E-state index in [0.29, 0.717) is 12.2 Å². The maximum atomic E-state index is 13.7. The molecule has 0 bridgehead atoms. The van der Waals surface area contributed by atoms with Gasteiger partial charge >= 0.3 is 6.18 Å². The van der Waals surface area contributed by atoms with Crippen LogP contribution in [0.3, 0.4) is 0 Å². The third-order valence-corrected chi connectivity index (χ3v) is 5.13. The zero-order chi connectivity index (χ0) is 19.7. The topological polar surface area (TPSA) is 67.9 Å². The van der Waals surface area contributed by atoms with E-state index in [1.807, 2.05) is 18.2 Å². The van der Waals surface area contributed by atoms with Crippen LogP contribution < -0.4 is 5.73 Å². The Morgan fingerprint density at radius 2 is 1.93 bits per heavy atom. The fourth-order valence-corrected chi connectivity index (χ4v) is 3.82. The molecule has 3 aromatic rings. The summed E-state index contributed by atoms with van der Waals surface area (Å²) in [4.78, 5) is 14.3. The number of nitrogen functional groups attached to an aromatic ring is 1. The first-order valence-corrected chi connectivity index (χ1v) is 9.16. The van der Waals surface area contributed by atoms with Crippen LogP contribution in [-0.2, 0) is 12.7 Å². The van der Waals surface area contributed by atoms with Crippen LogP contribution in [0.1, 0.15) is 35.6 Å². The van der Waals surface area contributed by atoms with Crippen molar-refractivity contribution in [2.45, 2.75) is 31.5 Å². The quantitative estimate of drug-likeness (QED) is 0.736. The molecule has 0 aliphatic carbocycles. The van der Waals surface area contributed by atoms with Gasteiger partial charge in [0.15, 0.2) is 5.65 Å². The van der Waals surface area contributed by atoms with Gasteiger partial charge in [0, 0.05) is 24.7 Å². The van der Waals surface area contributed by atoms with E-state index in [0.717, 1.165) is 38.3 Å². The minimum atomic E-state index is -4.55. The van der Waals surface area contributed by atoms with Crippen molar-refractivity contribution in [2.75, 3.05) is 18.8 Å². The number of anilines is 1. The number of piperidine rings is 1. The van der Waals surface area contributed by atoms with Gasteiger partial charge in [-0.2, -0.15) is 13.2 Å². The number of rotatable bonds is 3. The number of benzene rings is 1. The highest BCUT2D eigenvalue weighted by Crippen LogP contribution is 2.38. The lowest BCUT2D eigenvalue weighted by atomic mass is 9.92. The smallest absolute Gasteiger partial charge is 0.383 e. The van der Waals surface area contributed by atoms with Gasteiger partial charge in [-0.15, -0.1) is 0 Å². The first-order valence-electron chi connectivity index (χ1n) is 9.16. The molecule has 1 aliphatic heterocycles. The Morgan fingerprint density at radius 1 is 1.14 bits per heavy atom. The second-order valence-electron chi connectivity index (χ2n) is 7.11. The number of halogens is 3. The molecule has 2 N–H and O–H groups in total. The van der Waals surface area contributed by atoms with Crippen molar-refractivity contribution >= 4 is 16.9 Å². The Kier molecular flexibility index (Phi) is 4.89. The Hall–Kier alpha value is -2.74. The second kappa shape index (κ2) is 7.35. The molecule has 0 spiro atoms. The maximum Gasteiger partial charge on any atom is 0.417 e. The summed E-state index contributed by atoms with van der Waals surface area (Å²) in [6.45, 7) is 2.34. The summed E-state index contributed by atoms with van der Waals surface area (Å²) in [5, 5.41) is -0.226. The van der Waals surface area contributed by atoms with E-state index >= 15 is 0 Å². The first kappa shape index (κ1) is 18.6. The third kappa shape index (κ3) is 3.77. The molecule has 2 aromatic heterocycles. The summed E-state index contributed by atoms with van der Waals surface area (Å²) >= 11 is 0. The lowest BCUT2D eigenvalue weighted by Crippen LogP contribution is -2.34. The van der Waals surface area contributed by atoms with Gasteiger partial charge in [0.05, 0.1) is 10.9 Å². The SMILES string of the molecule is Nc1ncnc2nc([C@H]3CCCN(Cc4ccccc4)C3)cc(C(F)(F)F)c12. The highest BCUT2D eigenvalue weighted by molar-refractivity contribution is 5.89.